The highest BCUT2D eigenvalue weighted by molar-refractivity contribution is 7.90. The normalized spacial score (nSPS) is 11.6. The minimum atomic E-state index is -4.06. The SMILES string of the molecule is CCc1cc(Cl)cc(CC)c1NC(=O)NS(=O)(=O)c1ccn(C(C)C)n1. The van der Waals surface area contributed by atoms with Gasteiger partial charge in [-0.15, -0.1) is 0 Å². The topological polar surface area (TPSA) is 93.1 Å². The summed E-state index contributed by atoms with van der Waals surface area (Å²) in [6, 6.07) is 4.05. The first-order valence-electron chi connectivity index (χ1n) is 8.38. The first-order valence-corrected chi connectivity index (χ1v) is 10.2. The number of urea groups is 1. The Morgan fingerprint density at radius 2 is 1.81 bits per heavy atom. The molecule has 9 heteroatoms. The molecule has 2 N–H and O–H groups in total. The van der Waals surface area contributed by atoms with Gasteiger partial charge >= 0.3 is 6.03 Å². The molecule has 1 aromatic heterocycles. The number of amides is 2. The zero-order valence-corrected chi connectivity index (χ0v) is 16.8. The number of carbonyl (C=O) groups excluding carboxylic acids is 1. The number of hydrogen-bond acceptors (Lipinski definition) is 4. The number of nitrogens with zero attached hydrogens (tertiary/aromatic N) is 2. The lowest BCUT2D eigenvalue weighted by Crippen LogP contribution is -2.35. The van der Waals surface area contributed by atoms with Gasteiger partial charge in [0, 0.05) is 22.9 Å². The van der Waals surface area contributed by atoms with Crippen LogP contribution in [-0.2, 0) is 22.9 Å². The van der Waals surface area contributed by atoms with Crippen LogP contribution in [0.2, 0.25) is 5.02 Å². The molecule has 0 saturated heterocycles. The van der Waals surface area contributed by atoms with E-state index in [0.29, 0.717) is 23.6 Å². The van der Waals surface area contributed by atoms with Gasteiger partial charge < -0.3 is 5.32 Å². The number of nitrogens with one attached hydrogen (secondary N) is 2. The maximum atomic E-state index is 12.4. The van der Waals surface area contributed by atoms with E-state index in [1.807, 2.05) is 32.4 Å². The Hall–Kier alpha value is -2.06. The van der Waals surface area contributed by atoms with Crippen molar-refractivity contribution < 1.29 is 13.2 Å². The monoisotopic (exact) mass is 398 g/mol. The number of carbonyl (C=O) groups is 1. The van der Waals surface area contributed by atoms with Gasteiger partial charge in [0.05, 0.1) is 0 Å². The molecule has 2 amide bonds. The van der Waals surface area contributed by atoms with Crippen molar-refractivity contribution in [3.63, 3.8) is 0 Å². The quantitative estimate of drug-likeness (QED) is 0.774. The van der Waals surface area contributed by atoms with E-state index in [1.54, 1.807) is 18.3 Å². The van der Waals surface area contributed by atoms with E-state index >= 15 is 0 Å². The fourth-order valence-corrected chi connectivity index (χ4v) is 3.61. The number of aryl methyl sites for hydroxylation is 2. The van der Waals surface area contributed by atoms with Crippen LogP contribution in [0, 0.1) is 0 Å². The molecule has 2 rings (SSSR count). The van der Waals surface area contributed by atoms with Crippen LogP contribution in [0.5, 0.6) is 0 Å². The summed E-state index contributed by atoms with van der Waals surface area (Å²) >= 11 is 6.10. The van der Waals surface area contributed by atoms with Crippen LogP contribution in [0.15, 0.2) is 29.4 Å². The number of sulfonamides is 1. The molecule has 7 nitrogen and oxygen atoms in total. The van der Waals surface area contributed by atoms with Gasteiger partial charge in [0.15, 0.2) is 5.03 Å². The average Bonchev–Trinajstić information content (AvgIpc) is 3.06. The maximum Gasteiger partial charge on any atom is 0.333 e. The van der Waals surface area contributed by atoms with Crippen molar-refractivity contribution in [1.82, 2.24) is 14.5 Å². The van der Waals surface area contributed by atoms with Gasteiger partial charge in [0.2, 0.25) is 0 Å². The standard InChI is InChI=1S/C17H23ClN4O3S/c1-5-12-9-14(18)10-13(6-2)16(12)19-17(23)21-26(24,25)15-7-8-22(20-15)11(3)4/h7-11H,5-6H2,1-4H3,(H2,19,21,23). The highest BCUT2D eigenvalue weighted by Gasteiger charge is 2.22. The van der Waals surface area contributed by atoms with Gasteiger partial charge in [0.25, 0.3) is 10.0 Å². The van der Waals surface area contributed by atoms with Crippen LogP contribution in [0.3, 0.4) is 0 Å². The number of hydrogen-bond donors (Lipinski definition) is 2. The molecule has 0 radical (unpaired) electrons. The Kier molecular flexibility index (Phi) is 6.30. The molecular weight excluding hydrogens is 376 g/mol. The van der Waals surface area contributed by atoms with Crippen molar-refractivity contribution in [2.45, 2.75) is 51.6 Å². The average molecular weight is 399 g/mol. The van der Waals surface area contributed by atoms with E-state index in [-0.39, 0.29) is 11.1 Å². The lowest BCUT2D eigenvalue weighted by molar-refractivity contribution is 0.256. The fraction of sp³-hybridized carbons (Fsp3) is 0.412. The second kappa shape index (κ2) is 8.09. The summed E-state index contributed by atoms with van der Waals surface area (Å²) in [5, 5.41) is 7.01. The maximum absolute atomic E-state index is 12.4. The Morgan fingerprint density at radius 3 is 2.27 bits per heavy atom. The molecule has 0 atom stereocenters. The van der Waals surface area contributed by atoms with Crippen LogP contribution in [0.4, 0.5) is 10.5 Å². The minimum Gasteiger partial charge on any atom is -0.307 e. The molecule has 0 aliphatic carbocycles. The van der Waals surface area contributed by atoms with Gasteiger partial charge in [-0.1, -0.05) is 25.4 Å². The number of halogens is 1. The third kappa shape index (κ3) is 4.56. The van der Waals surface area contributed by atoms with Crippen LogP contribution in [0.1, 0.15) is 44.9 Å². The molecule has 26 heavy (non-hydrogen) atoms. The Balaban J connectivity index is 2.23. The van der Waals surface area contributed by atoms with Gasteiger partial charge in [-0.3, -0.25) is 4.68 Å². The van der Waals surface area contributed by atoms with Crippen LogP contribution in [0.25, 0.3) is 0 Å². The summed E-state index contributed by atoms with van der Waals surface area (Å²) in [7, 11) is -4.06. The van der Waals surface area contributed by atoms with E-state index in [4.69, 9.17) is 11.6 Å². The molecule has 2 aromatic rings. The molecule has 1 aromatic carbocycles. The smallest absolute Gasteiger partial charge is 0.307 e. The highest BCUT2D eigenvalue weighted by Crippen LogP contribution is 2.27. The predicted molar refractivity (Wildman–Crippen MR) is 102 cm³/mol. The number of aromatic nitrogens is 2. The number of benzene rings is 1. The second-order valence-corrected chi connectivity index (χ2v) is 8.16. The highest BCUT2D eigenvalue weighted by atomic mass is 35.5. The summed E-state index contributed by atoms with van der Waals surface area (Å²) in [6.45, 7) is 7.62. The van der Waals surface area contributed by atoms with Crippen LogP contribution in [-0.4, -0.2) is 24.2 Å². The summed E-state index contributed by atoms with van der Waals surface area (Å²) in [5.74, 6) is 0. The molecule has 0 unspecified atom stereocenters. The van der Waals surface area contributed by atoms with Crippen molar-refractivity contribution in [3.8, 4) is 0 Å². The van der Waals surface area contributed by atoms with Crippen molar-refractivity contribution in [2.24, 2.45) is 0 Å². The van der Waals surface area contributed by atoms with E-state index < -0.39 is 16.1 Å². The van der Waals surface area contributed by atoms with E-state index in [2.05, 4.69) is 10.4 Å². The fourth-order valence-electron chi connectivity index (χ4n) is 2.51. The molecule has 0 aliphatic heterocycles. The first-order chi connectivity index (χ1) is 12.2. The summed E-state index contributed by atoms with van der Waals surface area (Å²) < 4.78 is 28.2. The third-order valence-corrected chi connectivity index (χ3v) is 5.32. The predicted octanol–water partition coefficient (Wildman–Crippen LogP) is 3.75. The van der Waals surface area contributed by atoms with Crippen molar-refractivity contribution in [1.29, 1.82) is 0 Å². The van der Waals surface area contributed by atoms with Crippen LogP contribution < -0.4 is 10.0 Å². The molecule has 0 saturated carbocycles. The molecule has 0 bridgehead atoms. The summed E-state index contributed by atoms with van der Waals surface area (Å²) in [4.78, 5) is 12.3. The van der Waals surface area contributed by atoms with Gasteiger partial charge in [-0.2, -0.15) is 13.5 Å². The molecule has 0 spiro atoms. The first kappa shape index (κ1) is 20.3. The lowest BCUT2D eigenvalue weighted by atomic mass is 10.0. The Morgan fingerprint density at radius 1 is 1.23 bits per heavy atom. The van der Waals surface area contributed by atoms with Crippen molar-refractivity contribution in [3.05, 3.63) is 40.5 Å². The van der Waals surface area contributed by atoms with Gasteiger partial charge in [0.1, 0.15) is 0 Å². The van der Waals surface area contributed by atoms with Crippen LogP contribution >= 0.6 is 11.6 Å². The van der Waals surface area contributed by atoms with E-state index in [1.165, 1.54) is 10.7 Å². The second-order valence-electron chi connectivity index (χ2n) is 6.09. The lowest BCUT2D eigenvalue weighted by Gasteiger charge is -2.15. The molecule has 1 heterocycles. The Bertz CT molecular complexity index is 881. The van der Waals surface area contributed by atoms with E-state index in [9.17, 15) is 13.2 Å². The number of anilines is 1. The molecule has 0 aliphatic rings. The van der Waals surface area contributed by atoms with Crippen molar-refractivity contribution >= 4 is 33.3 Å². The van der Waals surface area contributed by atoms with Gasteiger partial charge in [-0.25, -0.2) is 9.52 Å². The van der Waals surface area contributed by atoms with Crippen molar-refractivity contribution in [2.75, 3.05) is 5.32 Å². The summed E-state index contributed by atoms with van der Waals surface area (Å²) in [6.07, 6.45) is 2.85. The molecular formula is C17H23ClN4O3S. The molecule has 142 valence electrons. The zero-order valence-electron chi connectivity index (χ0n) is 15.2. The number of rotatable bonds is 6. The minimum absolute atomic E-state index is 0.0149. The molecule has 0 fully saturated rings. The largest absolute Gasteiger partial charge is 0.333 e. The van der Waals surface area contributed by atoms with Gasteiger partial charge in [-0.05, 0) is 56.0 Å². The summed E-state index contributed by atoms with van der Waals surface area (Å²) in [5.41, 5.74) is 2.26. The Labute approximate surface area is 158 Å². The third-order valence-electron chi connectivity index (χ3n) is 3.88. The van der Waals surface area contributed by atoms with E-state index in [0.717, 1.165) is 11.1 Å². The zero-order chi connectivity index (χ0) is 19.5.